The van der Waals surface area contributed by atoms with Gasteiger partial charge < -0.3 is 9.72 Å². The minimum Gasteiger partial charge on any atom is -0.311 e. The third kappa shape index (κ3) is 3.56. The number of imidazole rings is 1. The summed E-state index contributed by atoms with van der Waals surface area (Å²) in [6, 6.07) is 6.08. The molecule has 2 aromatic rings. The lowest BCUT2D eigenvalue weighted by Gasteiger charge is -2.01. The molecule has 0 aliphatic rings. The van der Waals surface area contributed by atoms with Crippen molar-refractivity contribution in [2.75, 3.05) is 6.54 Å². The fourth-order valence-electron chi connectivity index (χ4n) is 1.97. The highest BCUT2D eigenvalue weighted by Gasteiger charge is 1.99. The van der Waals surface area contributed by atoms with Crippen LogP contribution in [0.5, 0.6) is 0 Å². The van der Waals surface area contributed by atoms with Crippen molar-refractivity contribution in [3.05, 3.63) is 36.3 Å². The largest absolute Gasteiger partial charge is 0.311 e. The second kappa shape index (κ2) is 6.40. The van der Waals surface area contributed by atoms with Crippen LogP contribution in [0.25, 0.3) is 5.65 Å². The molecule has 2 rings (SSSR count). The molecule has 0 amide bonds. The van der Waals surface area contributed by atoms with Crippen molar-refractivity contribution in [2.45, 2.75) is 39.2 Å². The number of nitrogens with zero attached hydrogens (tertiary/aromatic N) is 2. The van der Waals surface area contributed by atoms with Crippen molar-refractivity contribution in [3.8, 4) is 0 Å². The second-order valence-corrected chi connectivity index (χ2v) is 4.44. The SMILES string of the molecule is CCCCCCNCc1cn2ccccc2n1. The summed E-state index contributed by atoms with van der Waals surface area (Å²) >= 11 is 0. The average Bonchev–Trinajstić information content (AvgIpc) is 2.76. The summed E-state index contributed by atoms with van der Waals surface area (Å²) < 4.78 is 2.06. The van der Waals surface area contributed by atoms with Gasteiger partial charge in [-0.25, -0.2) is 4.98 Å². The van der Waals surface area contributed by atoms with E-state index in [0.29, 0.717) is 0 Å². The molecule has 3 heteroatoms. The molecule has 0 spiro atoms. The molecule has 0 fully saturated rings. The first-order valence-corrected chi connectivity index (χ1v) is 6.53. The molecule has 0 atom stereocenters. The van der Waals surface area contributed by atoms with E-state index in [9.17, 15) is 0 Å². The second-order valence-electron chi connectivity index (χ2n) is 4.44. The van der Waals surface area contributed by atoms with Crippen LogP contribution in [-0.4, -0.2) is 15.9 Å². The summed E-state index contributed by atoms with van der Waals surface area (Å²) in [5.74, 6) is 0. The molecule has 3 nitrogen and oxygen atoms in total. The van der Waals surface area contributed by atoms with E-state index in [-0.39, 0.29) is 0 Å². The zero-order valence-corrected chi connectivity index (χ0v) is 10.5. The van der Waals surface area contributed by atoms with Gasteiger partial charge in [0.15, 0.2) is 0 Å². The van der Waals surface area contributed by atoms with E-state index in [1.165, 1.54) is 25.7 Å². The van der Waals surface area contributed by atoms with Gasteiger partial charge in [-0.2, -0.15) is 0 Å². The Morgan fingerprint density at radius 1 is 1.24 bits per heavy atom. The lowest BCUT2D eigenvalue weighted by Crippen LogP contribution is -2.14. The van der Waals surface area contributed by atoms with Crippen molar-refractivity contribution in [2.24, 2.45) is 0 Å². The van der Waals surface area contributed by atoms with Gasteiger partial charge in [0.05, 0.1) is 5.69 Å². The van der Waals surface area contributed by atoms with Crippen LogP contribution in [0.4, 0.5) is 0 Å². The molecule has 1 N–H and O–H groups in total. The third-order valence-electron chi connectivity index (χ3n) is 2.93. The van der Waals surface area contributed by atoms with Crippen molar-refractivity contribution in [1.29, 1.82) is 0 Å². The van der Waals surface area contributed by atoms with Crippen molar-refractivity contribution in [3.63, 3.8) is 0 Å². The van der Waals surface area contributed by atoms with Crippen molar-refractivity contribution >= 4 is 5.65 Å². The lowest BCUT2D eigenvalue weighted by atomic mass is 10.2. The summed E-state index contributed by atoms with van der Waals surface area (Å²) in [6.45, 7) is 4.20. The average molecular weight is 231 g/mol. The molecular weight excluding hydrogens is 210 g/mol. The Bertz CT molecular complexity index is 414. The summed E-state index contributed by atoms with van der Waals surface area (Å²) in [4.78, 5) is 4.55. The lowest BCUT2D eigenvalue weighted by molar-refractivity contribution is 0.594. The molecule has 92 valence electrons. The van der Waals surface area contributed by atoms with Crippen LogP contribution in [0.1, 0.15) is 38.3 Å². The number of unbranched alkanes of at least 4 members (excludes halogenated alkanes) is 3. The highest BCUT2D eigenvalue weighted by Crippen LogP contribution is 2.04. The van der Waals surface area contributed by atoms with Crippen LogP contribution >= 0.6 is 0 Å². The van der Waals surface area contributed by atoms with Gasteiger partial charge in [0.2, 0.25) is 0 Å². The molecule has 0 aliphatic heterocycles. The Balaban J connectivity index is 1.75. The molecule has 0 saturated carbocycles. The molecule has 2 heterocycles. The van der Waals surface area contributed by atoms with Crippen LogP contribution in [0.2, 0.25) is 0 Å². The molecule has 0 aromatic carbocycles. The Morgan fingerprint density at radius 3 is 3.00 bits per heavy atom. The predicted octanol–water partition coefficient (Wildman–Crippen LogP) is 3.00. The monoisotopic (exact) mass is 231 g/mol. The number of nitrogens with one attached hydrogen (secondary N) is 1. The molecule has 0 bridgehead atoms. The van der Waals surface area contributed by atoms with E-state index in [1.807, 2.05) is 24.4 Å². The van der Waals surface area contributed by atoms with E-state index >= 15 is 0 Å². The molecule has 0 radical (unpaired) electrons. The van der Waals surface area contributed by atoms with Gasteiger partial charge in [-0.3, -0.25) is 0 Å². The van der Waals surface area contributed by atoms with E-state index in [1.54, 1.807) is 0 Å². The highest BCUT2D eigenvalue weighted by atomic mass is 15.0. The van der Waals surface area contributed by atoms with Gasteiger partial charge in [0.25, 0.3) is 0 Å². The van der Waals surface area contributed by atoms with E-state index in [0.717, 1.165) is 24.4 Å². The Morgan fingerprint density at radius 2 is 2.18 bits per heavy atom. The van der Waals surface area contributed by atoms with Gasteiger partial charge >= 0.3 is 0 Å². The molecule has 0 saturated heterocycles. The number of hydrogen-bond donors (Lipinski definition) is 1. The number of hydrogen-bond acceptors (Lipinski definition) is 2. The van der Waals surface area contributed by atoms with Crippen molar-refractivity contribution in [1.82, 2.24) is 14.7 Å². The first kappa shape index (κ1) is 12.1. The molecule has 2 aromatic heterocycles. The zero-order chi connectivity index (χ0) is 11.9. The van der Waals surface area contributed by atoms with Gasteiger partial charge in [0.1, 0.15) is 5.65 Å². The third-order valence-corrected chi connectivity index (χ3v) is 2.93. The smallest absolute Gasteiger partial charge is 0.137 e. The number of fused-ring (bicyclic) bond motifs is 1. The van der Waals surface area contributed by atoms with Gasteiger partial charge in [-0.1, -0.05) is 32.3 Å². The van der Waals surface area contributed by atoms with Gasteiger partial charge in [-0.15, -0.1) is 0 Å². The molecule has 0 unspecified atom stereocenters. The van der Waals surface area contributed by atoms with Crippen LogP contribution in [0.15, 0.2) is 30.6 Å². The quantitative estimate of drug-likeness (QED) is 0.742. The van der Waals surface area contributed by atoms with Crippen LogP contribution in [0, 0.1) is 0 Å². The van der Waals surface area contributed by atoms with E-state index in [2.05, 4.69) is 27.8 Å². The Hall–Kier alpha value is -1.35. The fraction of sp³-hybridized carbons (Fsp3) is 0.500. The van der Waals surface area contributed by atoms with Crippen LogP contribution in [0.3, 0.4) is 0 Å². The van der Waals surface area contributed by atoms with E-state index in [4.69, 9.17) is 0 Å². The number of aromatic nitrogens is 2. The van der Waals surface area contributed by atoms with E-state index < -0.39 is 0 Å². The summed E-state index contributed by atoms with van der Waals surface area (Å²) in [6.07, 6.45) is 9.36. The van der Waals surface area contributed by atoms with Gasteiger partial charge in [0, 0.05) is 18.9 Å². The summed E-state index contributed by atoms with van der Waals surface area (Å²) in [5.41, 5.74) is 2.14. The predicted molar refractivity (Wildman–Crippen MR) is 71.0 cm³/mol. The maximum absolute atomic E-state index is 4.55. The molecular formula is C14H21N3. The van der Waals surface area contributed by atoms with Crippen LogP contribution < -0.4 is 5.32 Å². The first-order valence-electron chi connectivity index (χ1n) is 6.53. The number of pyridine rings is 1. The molecule has 17 heavy (non-hydrogen) atoms. The minimum atomic E-state index is 0.869. The van der Waals surface area contributed by atoms with Gasteiger partial charge in [-0.05, 0) is 25.1 Å². The zero-order valence-electron chi connectivity index (χ0n) is 10.5. The van der Waals surface area contributed by atoms with Crippen molar-refractivity contribution < 1.29 is 0 Å². The fourth-order valence-corrected chi connectivity index (χ4v) is 1.97. The maximum atomic E-state index is 4.55. The molecule has 0 aliphatic carbocycles. The highest BCUT2D eigenvalue weighted by molar-refractivity contribution is 5.39. The number of rotatable bonds is 7. The summed E-state index contributed by atoms with van der Waals surface area (Å²) in [7, 11) is 0. The summed E-state index contributed by atoms with van der Waals surface area (Å²) in [5, 5.41) is 3.45. The Labute approximate surface area is 103 Å². The van der Waals surface area contributed by atoms with Crippen LogP contribution in [-0.2, 0) is 6.54 Å². The Kier molecular flexibility index (Phi) is 4.56. The minimum absolute atomic E-state index is 0.869. The standard InChI is InChI=1S/C14H21N3/c1-2-3-4-6-9-15-11-13-12-17-10-7-5-8-14(17)16-13/h5,7-8,10,12,15H,2-4,6,9,11H2,1H3. The normalized spacial score (nSPS) is 11.1. The first-order chi connectivity index (χ1) is 8.40. The topological polar surface area (TPSA) is 29.3 Å². The maximum Gasteiger partial charge on any atom is 0.137 e.